The fourth-order valence-electron chi connectivity index (χ4n) is 1.69. The molecule has 0 atom stereocenters. The van der Waals surface area contributed by atoms with Gasteiger partial charge in [0.05, 0.1) is 18.8 Å². The number of aromatic nitrogens is 1. The van der Waals surface area contributed by atoms with Gasteiger partial charge in [0.25, 0.3) is 0 Å². The van der Waals surface area contributed by atoms with Crippen molar-refractivity contribution in [3.8, 4) is 6.07 Å². The second kappa shape index (κ2) is 6.50. The van der Waals surface area contributed by atoms with Gasteiger partial charge in [-0.1, -0.05) is 6.07 Å². The first-order valence-corrected chi connectivity index (χ1v) is 7.63. The van der Waals surface area contributed by atoms with Gasteiger partial charge in [-0.05, 0) is 29.9 Å². The monoisotopic (exact) mass is 306 g/mol. The van der Waals surface area contributed by atoms with E-state index in [-0.39, 0.29) is 12.5 Å². The molecule has 2 aromatic rings. The summed E-state index contributed by atoms with van der Waals surface area (Å²) in [5, 5.41) is 14.7. The Balaban J connectivity index is 1.92. The van der Waals surface area contributed by atoms with Gasteiger partial charge < -0.3 is 10.2 Å². The molecule has 0 bridgehead atoms. The minimum absolute atomic E-state index is 0.0733. The number of aryl methyl sites for hydroxylation is 1. The lowest BCUT2D eigenvalue weighted by atomic mass is 10.2. The largest absolute Gasteiger partial charge is 0.355 e. The topological polar surface area (TPSA) is 69.0 Å². The number of rotatable bonds is 5. The van der Waals surface area contributed by atoms with E-state index in [9.17, 15) is 4.79 Å². The smallest absolute Gasteiger partial charge is 0.239 e. The third-order valence-corrected chi connectivity index (χ3v) is 4.65. The van der Waals surface area contributed by atoms with E-state index in [2.05, 4.69) is 15.8 Å². The molecule has 1 amide bonds. The summed E-state index contributed by atoms with van der Waals surface area (Å²) in [5.41, 5.74) is 1.25. The van der Waals surface area contributed by atoms with Crippen LogP contribution in [0, 0.1) is 18.3 Å². The highest BCUT2D eigenvalue weighted by molar-refractivity contribution is 7.10. The maximum Gasteiger partial charge on any atom is 0.239 e. The predicted molar refractivity (Wildman–Crippen MR) is 81.0 cm³/mol. The lowest BCUT2D eigenvalue weighted by Gasteiger charge is -2.16. The number of amides is 1. The molecule has 2 aromatic heterocycles. The number of nitrogens with zero attached hydrogens (tertiary/aromatic N) is 3. The van der Waals surface area contributed by atoms with Crippen molar-refractivity contribution in [1.29, 1.82) is 5.26 Å². The Morgan fingerprint density at radius 2 is 2.40 bits per heavy atom. The minimum Gasteiger partial charge on any atom is -0.355 e. The van der Waals surface area contributed by atoms with E-state index in [1.165, 1.54) is 11.5 Å². The van der Waals surface area contributed by atoms with Crippen LogP contribution in [-0.2, 0) is 11.3 Å². The fraction of sp³-hybridized carbons (Fsp3) is 0.308. The van der Waals surface area contributed by atoms with Crippen LogP contribution in [0.2, 0.25) is 0 Å². The van der Waals surface area contributed by atoms with Gasteiger partial charge in [0.1, 0.15) is 16.6 Å². The number of hydrogen-bond donors (Lipinski definition) is 1. The van der Waals surface area contributed by atoms with Crippen LogP contribution in [-0.4, -0.2) is 23.9 Å². The number of carbonyl (C=O) groups is 1. The zero-order valence-corrected chi connectivity index (χ0v) is 12.8. The molecule has 0 aliphatic carbocycles. The van der Waals surface area contributed by atoms with Crippen LogP contribution in [0.25, 0.3) is 0 Å². The molecule has 0 aliphatic heterocycles. The molecule has 2 heterocycles. The highest BCUT2D eigenvalue weighted by Crippen LogP contribution is 2.26. The molecule has 7 heteroatoms. The Morgan fingerprint density at radius 1 is 1.60 bits per heavy atom. The van der Waals surface area contributed by atoms with Crippen molar-refractivity contribution in [2.24, 2.45) is 0 Å². The second-order valence-electron chi connectivity index (χ2n) is 4.27. The van der Waals surface area contributed by atoms with Crippen LogP contribution >= 0.6 is 22.9 Å². The normalized spacial score (nSPS) is 10.1. The van der Waals surface area contributed by atoms with E-state index in [0.29, 0.717) is 17.8 Å². The first kappa shape index (κ1) is 14.5. The molecular weight excluding hydrogens is 292 g/mol. The van der Waals surface area contributed by atoms with Gasteiger partial charge in [0.15, 0.2) is 0 Å². The van der Waals surface area contributed by atoms with E-state index in [1.54, 1.807) is 30.2 Å². The van der Waals surface area contributed by atoms with E-state index in [4.69, 9.17) is 5.26 Å². The number of thiophene rings is 1. The molecule has 0 saturated carbocycles. The Bertz CT molecular complexity index is 627. The van der Waals surface area contributed by atoms with Crippen LogP contribution in [0.1, 0.15) is 16.1 Å². The van der Waals surface area contributed by atoms with Crippen LogP contribution < -0.4 is 10.2 Å². The minimum atomic E-state index is -0.0733. The highest BCUT2D eigenvalue weighted by atomic mass is 32.1. The Hall–Kier alpha value is -1.91. The summed E-state index contributed by atoms with van der Waals surface area (Å²) in [4.78, 5) is 14.8. The summed E-state index contributed by atoms with van der Waals surface area (Å²) < 4.78 is 4.15. The summed E-state index contributed by atoms with van der Waals surface area (Å²) in [6.07, 6.45) is 0. The van der Waals surface area contributed by atoms with Crippen LogP contribution in [0.3, 0.4) is 0 Å². The van der Waals surface area contributed by atoms with Gasteiger partial charge in [-0.15, -0.1) is 11.3 Å². The number of hydrogen-bond acceptors (Lipinski definition) is 6. The van der Waals surface area contributed by atoms with Gasteiger partial charge in [0, 0.05) is 11.9 Å². The summed E-state index contributed by atoms with van der Waals surface area (Å²) in [6.45, 7) is 2.54. The van der Waals surface area contributed by atoms with E-state index >= 15 is 0 Å². The lowest BCUT2D eigenvalue weighted by Crippen LogP contribution is -2.34. The van der Waals surface area contributed by atoms with E-state index in [0.717, 1.165) is 9.88 Å². The average Bonchev–Trinajstić information content (AvgIpc) is 3.05. The van der Waals surface area contributed by atoms with E-state index < -0.39 is 0 Å². The van der Waals surface area contributed by atoms with E-state index in [1.807, 2.05) is 17.5 Å². The summed E-state index contributed by atoms with van der Waals surface area (Å²) in [7, 11) is 1.79. The molecule has 2 rings (SSSR count). The maximum absolute atomic E-state index is 11.9. The van der Waals surface area contributed by atoms with Gasteiger partial charge >= 0.3 is 0 Å². The Labute approximate surface area is 125 Å². The molecule has 0 unspecified atom stereocenters. The van der Waals surface area contributed by atoms with Crippen LogP contribution in [0.5, 0.6) is 0 Å². The molecule has 0 spiro atoms. The molecule has 0 radical (unpaired) electrons. The van der Waals surface area contributed by atoms with Crippen molar-refractivity contribution in [2.75, 3.05) is 18.5 Å². The number of nitrogens with one attached hydrogen (secondary N) is 1. The molecule has 1 N–H and O–H groups in total. The Morgan fingerprint density at radius 3 is 3.05 bits per heavy atom. The number of anilines is 1. The molecule has 0 fully saturated rings. The van der Waals surface area contributed by atoms with Crippen molar-refractivity contribution in [3.63, 3.8) is 0 Å². The van der Waals surface area contributed by atoms with Gasteiger partial charge in [-0.3, -0.25) is 4.79 Å². The predicted octanol–water partition coefficient (Wildman–Crippen LogP) is 2.14. The molecule has 0 saturated heterocycles. The first-order chi connectivity index (χ1) is 9.61. The molecule has 0 aliphatic rings. The lowest BCUT2D eigenvalue weighted by molar-refractivity contribution is -0.119. The fourth-order valence-corrected chi connectivity index (χ4v) is 3.14. The molecular formula is C13H14N4OS2. The highest BCUT2D eigenvalue weighted by Gasteiger charge is 2.16. The van der Waals surface area contributed by atoms with Gasteiger partial charge in [-0.2, -0.15) is 9.64 Å². The first-order valence-electron chi connectivity index (χ1n) is 5.98. The van der Waals surface area contributed by atoms with Gasteiger partial charge in [-0.25, -0.2) is 0 Å². The zero-order valence-electron chi connectivity index (χ0n) is 11.2. The van der Waals surface area contributed by atoms with Crippen LogP contribution in [0.4, 0.5) is 5.00 Å². The number of nitriles is 1. The standard InChI is InChI=1S/C13H14N4OS2/c1-9-11(6-14)13(20-16-9)17(2)8-12(18)15-7-10-4-3-5-19-10/h3-5H,7-8H2,1-2H3,(H,15,18). The van der Waals surface area contributed by atoms with Crippen molar-refractivity contribution < 1.29 is 4.79 Å². The van der Waals surface area contributed by atoms with Gasteiger partial charge in [0.2, 0.25) is 5.91 Å². The summed E-state index contributed by atoms with van der Waals surface area (Å²) >= 11 is 2.85. The van der Waals surface area contributed by atoms with Crippen molar-refractivity contribution >= 4 is 33.8 Å². The average molecular weight is 306 g/mol. The molecule has 0 aromatic carbocycles. The summed E-state index contributed by atoms with van der Waals surface area (Å²) in [5.74, 6) is -0.0733. The molecule has 5 nitrogen and oxygen atoms in total. The maximum atomic E-state index is 11.9. The molecule has 20 heavy (non-hydrogen) atoms. The molecule has 104 valence electrons. The van der Waals surface area contributed by atoms with Crippen molar-refractivity contribution in [1.82, 2.24) is 9.69 Å². The zero-order chi connectivity index (χ0) is 14.5. The number of likely N-dealkylation sites (N-methyl/N-ethyl adjacent to an activating group) is 1. The van der Waals surface area contributed by atoms with Crippen molar-refractivity contribution in [2.45, 2.75) is 13.5 Å². The van der Waals surface area contributed by atoms with Crippen molar-refractivity contribution in [3.05, 3.63) is 33.6 Å². The van der Waals surface area contributed by atoms with Crippen LogP contribution in [0.15, 0.2) is 17.5 Å². The quantitative estimate of drug-likeness (QED) is 0.919. The SMILES string of the molecule is Cc1nsc(N(C)CC(=O)NCc2cccs2)c1C#N. The Kier molecular flexibility index (Phi) is 4.71. The third-order valence-electron chi connectivity index (χ3n) is 2.72. The second-order valence-corrected chi connectivity index (χ2v) is 6.06. The number of carbonyl (C=O) groups excluding carboxylic acids is 1. The third kappa shape index (κ3) is 3.35. The summed E-state index contributed by atoms with van der Waals surface area (Å²) in [6, 6.07) is 6.07.